The van der Waals surface area contributed by atoms with Gasteiger partial charge in [-0.05, 0) is 29.8 Å². The SMILES string of the molecule is COCCC(C)Oc1cc2ccccc2cc1C(=O)O. The average molecular weight is 274 g/mol. The first-order chi connectivity index (χ1) is 9.61. The lowest BCUT2D eigenvalue weighted by molar-refractivity contribution is 0.0688. The van der Waals surface area contributed by atoms with Crippen molar-refractivity contribution in [2.45, 2.75) is 19.4 Å². The van der Waals surface area contributed by atoms with E-state index in [0.29, 0.717) is 18.8 Å². The lowest BCUT2D eigenvalue weighted by Gasteiger charge is -2.16. The molecule has 2 rings (SSSR count). The van der Waals surface area contributed by atoms with Gasteiger partial charge in [-0.2, -0.15) is 0 Å². The van der Waals surface area contributed by atoms with Gasteiger partial charge < -0.3 is 14.6 Å². The topological polar surface area (TPSA) is 55.8 Å². The van der Waals surface area contributed by atoms with E-state index in [4.69, 9.17) is 9.47 Å². The number of rotatable bonds is 6. The van der Waals surface area contributed by atoms with Crippen molar-refractivity contribution in [2.75, 3.05) is 13.7 Å². The van der Waals surface area contributed by atoms with Crippen molar-refractivity contribution < 1.29 is 19.4 Å². The largest absolute Gasteiger partial charge is 0.490 e. The van der Waals surface area contributed by atoms with E-state index >= 15 is 0 Å². The molecule has 0 saturated carbocycles. The minimum absolute atomic E-state index is 0.103. The number of benzene rings is 2. The molecule has 106 valence electrons. The van der Waals surface area contributed by atoms with Crippen LogP contribution in [0.25, 0.3) is 10.8 Å². The highest BCUT2D eigenvalue weighted by molar-refractivity contribution is 5.97. The molecule has 0 fully saturated rings. The van der Waals surface area contributed by atoms with Gasteiger partial charge in [0.05, 0.1) is 6.10 Å². The Bertz CT molecular complexity index is 606. The van der Waals surface area contributed by atoms with Gasteiger partial charge in [0.15, 0.2) is 0 Å². The number of carboxylic acid groups (broad SMARTS) is 1. The number of carbonyl (C=O) groups is 1. The molecule has 0 aliphatic carbocycles. The molecule has 2 aromatic carbocycles. The molecule has 2 aromatic rings. The van der Waals surface area contributed by atoms with E-state index < -0.39 is 5.97 Å². The summed E-state index contributed by atoms with van der Waals surface area (Å²) in [5.74, 6) is -0.579. The number of hydrogen-bond donors (Lipinski definition) is 1. The summed E-state index contributed by atoms with van der Waals surface area (Å²) in [6.07, 6.45) is 0.608. The summed E-state index contributed by atoms with van der Waals surface area (Å²) >= 11 is 0. The molecular formula is C16H18O4. The fraction of sp³-hybridized carbons (Fsp3) is 0.312. The van der Waals surface area contributed by atoms with Crippen molar-refractivity contribution >= 4 is 16.7 Å². The van der Waals surface area contributed by atoms with E-state index in [2.05, 4.69) is 0 Å². The van der Waals surface area contributed by atoms with Gasteiger partial charge in [0, 0.05) is 20.1 Å². The predicted molar refractivity (Wildman–Crippen MR) is 77.5 cm³/mol. The maximum atomic E-state index is 11.4. The van der Waals surface area contributed by atoms with Crippen LogP contribution in [-0.4, -0.2) is 30.9 Å². The Morgan fingerprint density at radius 1 is 1.25 bits per heavy atom. The molecule has 0 aliphatic rings. The summed E-state index contributed by atoms with van der Waals surface area (Å²) in [7, 11) is 1.63. The second-order valence-corrected chi connectivity index (χ2v) is 4.71. The summed E-state index contributed by atoms with van der Waals surface area (Å²) in [5, 5.41) is 11.2. The van der Waals surface area contributed by atoms with Crippen LogP contribution in [0.5, 0.6) is 5.75 Å². The quantitative estimate of drug-likeness (QED) is 0.877. The van der Waals surface area contributed by atoms with Crippen LogP contribution in [0.2, 0.25) is 0 Å². The Morgan fingerprint density at radius 3 is 2.50 bits per heavy atom. The third-order valence-electron chi connectivity index (χ3n) is 3.13. The van der Waals surface area contributed by atoms with Gasteiger partial charge in [0.1, 0.15) is 11.3 Å². The Balaban J connectivity index is 2.34. The molecule has 0 aromatic heterocycles. The normalized spacial score (nSPS) is 12.3. The molecule has 20 heavy (non-hydrogen) atoms. The van der Waals surface area contributed by atoms with Gasteiger partial charge in [0.25, 0.3) is 0 Å². The first-order valence-corrected chi connectivity index (χ1v) is 6.53. The smallest absolute Gasteiger partial charge is 0.339 e. The first-order valence-electron chi connectivity index (χ1n) is 6.53. The molecule has 4 nitrogen and oxygen atoms in total. The molecule has 0 bridgehead atoms. The summed E-state index contributed by atoms with van der Waals surface area (Å²) in [5.41, 5.74) is 0.188. The zero-order valence-electron chi connectivity index (χ0n) is 11.6. The molecule has 0 heterocycles. The summed E-state index contributed by atoms with van der Waals surface area (Å²) in [4.78, 5) is 11.4. The lowest BCUT2D eigenvalue weighted by Crippen LogP contribution is -2.16. The molecule has 1 unspecified atom stereocenters. The van der Waals surface area contributed by atoms with Gasteiger partial charge in [-0.3, -0.25) is 0 Å². The minimum atomic E-state index is -0.982. The van der Waals surface area contributed by atoms with Crippen LogP contribution in [0.3, 0.4) is 0 Å². The van der Waals surface area contributed by atoms with Crippen LogP contribution >= 0.6 is 0 Å². The first kappa shape index (κ1) is 14.3. The Kier molecular flexibility index (Phi) is 4.58. The fourth-order valence-electron chi connectivity index (χ4n) is 2.04. The van der Waals surface area contributed by atoms with E-state index in [1.54, 1.807) is 19.2 Å². The van der Waals surface area contributed by atoms with Gasteiger partial charge >= 0.3 is 5.97 Å². The number of methoxy groups -OCH3 is 1. The maximum absolute atomic E-state index is 11.4. The van der Waals surface area contributed by atoms with Gasteiger partial charge in [0.2, 0.25) is 0 Å². The third kappa shape index (κ3) is 3.27. The van der Waals surface area contributed by atoms with Crippen LogP contribution in [0.1, 0.15) is 23.7 Å². The van der Waals surface area contributed by atoms with E-state index in [-0.39, 0.29) is 11.7 Å². The van der Waals surface area contributed by atoms with Crippen molar-refractivity contribution in [3.8, 4) is 5.75 Å². The lowest BCUT2D eigenvalue weighted by atomic mass is 10.1. The zero-order valence-corrected chi connectivity index (χ0v) is 11.6. The monoisotopic (exact) mass is 274 g/mol. The zero-order chi connectivity index (χ0) is 14.5. The van der Waals surface area contributed by atoms with Gasteiger partial charge in [-0.25, -0.2) is 4.79 Å². The van der Waals surface area contributed by atoms with Crippen molar-refractivity contribution in [3.63, 3.8) is 0 Å². The molecule has 1 N–H and O–H groups in total. The van der Waals surface area contributed by atoms with Crippen LogP contribution < -0.4 is 4.74 Å². The highest BCUT2D eigenvalue weighted by Gasteiger charge is 2.15. The highest BCUT2D eigenvalue weighted by atomic mass is 16.5. The standard InChI is InChI=1S/C16H18O4/c1-11(7-8-19-2)20-15-10-13-6-4-3-5-12(13)9-14(15)16(17)18/h3-6,9-11H,7-8H2,1-2H3,(H,17,18). The van der Waals surface area contributed by atoms with Crippen LogP contribution in [0, 0.1) is 0 Å². The molecule has 0 aliphatic heterocycles. The van der Waals surface area contributed by atoms with Crippen LogP contribution in [0.4, 0.5) is 0 Å². The molecule has 0 spiro atoms. The molecule has 0 saturated heterocycles. The van der Waals surface area contributed by atoms with E-state index in [1.165, 1.54) is 0 Å². The van der Waals surface area contributed by atoms with Crippen molar-refractivity contribution in [2.24, 2.45) is 0 Å². The number of carboxylic acids is 1. The molecule has 1 atom stereocenters. The number of ether oxygens (including phenoxy) is 2. The van der Waals surface area contributed by atoms with Gasteiger partial charge in [-0.1, -0.05) is 24.3 Å². The predicted octanol–water partition coefficient (Wildman–Crippen LogP) is 3.34. The van der Waals surface area contributed by atoms with E-state index in [1.807, 2.05) is 31.2 Å². The molecule has 0 amide bonds. The second kappa shape index (κ2) is 6.39. The Morgan fingerprint density at radius 2 is 1.90 bits per heavy atom. The van der Waals surface area contributed by atoms with Crippen LogP contribution in [-0.2, 0) is 4.74 Å². The number of aromatic carboxylic acids is 1. The molecule has 0 radical (unpaired) electrons. The summed E-state index contributed by atoms with van der Waals surface area (Å²) < 4.78 is 10.8. The van der Waals surface area contributed by atoms with Crippen molar-refractivity contribution in [1.29, 1.82) is 0 Å². The average Bonchev–Trinajstić information content (AvgIpc) is 2.44. The Hall–Kier alpha value is -2.07. The third-order valence-corrected chi connectivity index (χ3v) is 3.13. The Labute approximate surface area is 117 Å². The number of hydrogen-bond acceptors (Lipinski definition) is 3. The van der Waals surface area contributed by atoms with Crippen molar-refractivity contribution in [1.82, 2.24) is 0 Å². The highest BCUT2D eigenvalue weighted by Crippen LogP contribution is 2.27. The van der Waals surface area contributed by atoms with E-state index in [0.717, 1.165) is 10.8 Å². The second-order valence-electron chi connectivity index (χ2n) is 4.71. The fourth-order valence-corrected chi connectivity index (χ4v) is 2.04. The van der Waals surface area contributed by atoms with Gasteiger partial charge in [-0.15, -0.1) is 0 Å². The maximum Gasteiger partial charge on any atom is 0.339 e. The summed E-state index contributed by atoms with van der Waals surface area (Å²) in [6, 6.07) is 11.1. The minimum Gasteiger partial charge on any atom is -0.490 e. The summed E-state index contributed by atoms with van der Waals surface area (Å²) in [6.45, 7) is 2.48. The number of fused-ring (bicyclic) bond motifs is 1. The van der Waals surface area contributed by atoms with E-state index in [9.17, 15) is 9.90 Å². The molecule has 4 heteroatoms. The molecular weight excluding hydrogens is 256 g/mol. The van der Waals surface area contributed by atoms with Crippen LogP contribution in [0.15, 0.2) is 36.4 Å². The van der Waals surface area contributed by atoms with Crippen molar-refractivity contribution in [3.05, 3.63) is 42.0 Å².